The highest BCUT2D eigenvalue weighted by molar-refractivity contribution is 7.92. The molecule has 1 aliphatic rings. The second kappa shape index (κ2) is 7.64. The molecule has 3 atom stereocenters. The summed E-state index contributed by atoms with van der Waals surface area (Å²) in [7, 11) is -2.06. The number of benzene rings is 1. The maximum absolute atomic E-state index is 12.9. The fourth-order valence-electron chi connectivity index (χ4n) is 3.12. The minimum absolute atomic E-state index is 0.118. The first-order valence-electron chi connectivity index (χ1n) is 7.55. The second-order valence-electron chi connectivity index (χ2n) is 5.64. The number of ether oxygens (including phenoxy) is 2. The molecule has 128 valence electrons. The van der Waals surface area contributed by atoms with E-state index in [1.54, 1.807) is 25.1 Å². The molecule has 0 amide bonds. The van der Waals surface area contributed by atoms with Gasteiger partial charge in [-0.2, -0.15) is 0 Å². The van der Waals surface area contributed by atoms with E-state index in [0.717, 1.165) is 0 Å². The van der Waals surface area contributed by atoms with Gasteiger partial charge in [0.2, 0.25) is 0 Å². The Morgan fingerprint density at radius 1 is 1.30 bits per heavy atom. The van der Waals surface area contributed by atoms with Crippen molar-refractivity contribution in [2.75, 3.05) is 20.3 Å². The monoisotopic (exact) mass is 360 g/mol. The fraction of sp³-hybridized carbons (Fsp3) is 0.562. The predicted molar refractivity (Wildman–Crippen MR) is 87.1 cm³/mol. The first kappa shape index (κ1) is 18.2. The van der Waals surface area contributed by atoms with Gasteiger partial charge in [-0.15, -0.1) is 0 Å². The molecule has 2 rings (SSSR count). The van der Waals surface area contributed by atoms with Crippen LogP contribution in [-0.2, 0) is 24.1 Å². The third-order valence-electron chi connectivity index (χ3n) is 4.20. The molecule has 1 saturated carbocycles. The van der Waals surface area contributed by atoms with Gasteiger partial charge in [-0.1, -0.05) is 23.7 Å². The van der Waals surface area contributed by atoms with Crippen LogP contribution in [0.3, 0.4) is 0 Å². The minimum Gasteiger partial charge on any atom is -0.466 e. The largest absolute Gasteiger partial charge is 0.466 e. The van der Waals surface area contributed by atoms with E-state index in [1.165, 1.54) is 13.2 Å². The number of methoxy groups -OCH3 is 1. The van der Waals surface area contributed by atoms with Crippen LogP contribution in [0.1, 0.15) is 19.8 Å². The Morgan fingerprint density at radius 2 is 2.00 bits per heavy atom. The van der Waals surface area contributed by atoms with Crippen LogP contribution in [0.15, 0.2) is 29.2 Å². The zero-order valence-corrected chi connectivity index (χ0v) is 14.8. The van der Waals surface area contributed by atoms with Crippen molar-refractivity contribution < 1.29 is 22.7 Å². The molecule has 0 saturated heterocycles. The van der Waals surface area contributed by atoms with E-state index in [4.69, 9.17) is 21.1 Å². The summed E-state index contributed by atoms with van der Waals surface area (Å²) in [5, 5.41) is -0.452. The maximum atomic E-state index is 12.9. The molecular weight excluding hydrogens is 340 g/mol. The van der Waals surface area contributed by atoms with E-state index in [9.17, 15) is 13.2 Å². The van der Waals surface area contributed by atoms with Crippen LogP contribution in [0.2, 0.25) is 5.02 Å². The Balaban J connectivity index is 2.27. The number of hydrogen-bond acceptors (Lipinski definition) is 5. The molecular formula is C16H21ClO5S. The van der Waals surface area contributed by atoms with Gasteiger partial charge in [0.05, 0.1) is 27.7 Å². The molecule has 7 heteroatoms. The van der Waals surface area contributed by atoms with Gasteiger partial charge < -0.3 is 9.47 Å². The van der Waals surface area contributed by atoms with Crippen molar-refractivity contribution in [3.05, 3.63) is 29.3 Å². The Kier molecular flexibility index (Phi) is 6.06. The molecule has 1 fully saturated rings. The highest BCUT2D eigenvalue weighted by Crippen LogP contribution is 2.40. The summed E-state index contributed by atoms with van der Waals surface area (Å²) >= 11 is 6.04. The topological polar surface area (TPSA) is 69.7 Å². The zero-order valence-electron chi connectivity index (χ0n) is 13.2. The van der Waals surface area contributed by atoms with Crippen molar-refractivity contribution in [2.45, 2.75) is 29.9 Å². The number of esters is 1. The van der Waals surface area contributed by atoms with Crippen molar-refractivity contribution in [3.8, 4) is 0 Å². The number of carbonyl (C=O) groups is 1. The third kappa shape index (κ3) is 3.87. The SMILES string of the molecule is CCOC(=O)C1CC(S(=O)(=O)c2ccccc2Cl)CC1COC. The number of carbonyl (C=O) groups excluding carboxylic acids is 1. The van der Waals surface area contributed by atoms with Crippen LogP contribution in [0.25, 0.3) is 0 Å². The highest BCUT2D eigenvalue weighted by Gasteiger charge is 2.45. The minimum atomic E-state index is -3.60. The Morgan fingerprint density at radius 3 is 2.61 bits per heavy atom. The van der Waals surface area contributed by atoms with Crippen molar-refractivity contribution in [3.63, 3.8) is 0 Å². The van der Waals surface area contributed by atoms with Crippen molar-refractivity contribution in [1.82, 2.24) is 0 Å². The van der Waals surface area contributed by atoms with E-state index in [-0.39, 0.29) is 34.8 Å². The molecule has 3 unspecified atom stereocenters. The van der Waals surface area contributed by atoms with Gasteiger partial charge in [0.15, 0.2) is 9.84 Å². The summed E-state index contributed by atoms with van der Waals surface area (Å²) in [6.45, 7) is 2.34. The number of sulfone groups is 1. The van der Waals surface area contributed by atoms with Gasteiger partial charge in [-0.05, 0) is 37.8 Å². The lowest BCUT2D eigenvalue weighted by atomic mass is 9.97. The predicted octanol–water partition coefficient (Wildman–Crippen LogP) is 2.72. The van der Waals surface area contributed by atoms with Gasteiger partial charge in [0.25, 0.3) is 0 Å². The lowest BCUT2D eigenvalue weighted by molar-refractivity contribution is -0.149. The van der Waals surface area contributed by atoms with E-state index in [2.05, 4.69) is 0 Å². The second-order valence-corrected chi connectivity index (χ2v) is 8.25. The molecule has 1 aromatic carbocycles. The third-order valence-corrected chi connectivity index (χ3v) is 6.88. The lowest BCUT2D eigenvalue weighted by Gasteiger charge is -2.16. The molecule has 0 radical (unpaired) electrons. The van der Waals surface area contributed by atoms with Gasteiger partial charge in [-0.25, -0.2) is 8.42 Å². The van der Waals surface area contributed by atoms with Crippen LogP contribution in [-0.4, -0.2) is 40.0 Å². The molecule has 0 aromatic heterocycles. The molecule has 0 spiro atoms. The Labute approximate surface area is 141 Å². The van der Waals surface area contributed by atoms with Gasteiger partial charge in [0, 0.05) is 13.7 Å². The Hall–Kier alpha value is -1.11. The molecule has 0 heterocycles. The normalized spacial score (nSPS) is 24.6. The van der Waals surface area contributed by atoms with Crippen molar-refractivity contribution in [2.24, 2.45) is 11.8 Å². The molecule has 0 N–H and O–H groups in total. The van der Waals surface area contributed by atoms with Gasteiger partial charge in [-0.3, -0.25) is 4.79 Å². The lowest BCUT2D eigenvalue weighted by Crippen LogP contribution is -2.24. The summed E-state index contributed by atoms with van der Waals surface area (Å²) in [5.41, 5.74) is 0. The summed E-state index contributed by atoms with van der Waals surface area (Å²) < 4.78 is 35.9. The highest BCUT2D eigenvalue weighted by atomic mass is 35.5. The molecule has 0 bridgehead atoms. The maximum Gasteiger partial charge on any atom is 0.309 e. The van der Waals surface area contributed by atoms with Gasteiger partial charge >= 0.3 is 5.97 Å². The Bertz CT molecular complexity index is 658. The molecule has 0 aliphatic heterocycles. The van der Waals surface area contributed by atoms with E-state index in [0.29, 0.717) is 13.0 Å². The van der Waals surface area contributed by atoms with E-state index in [1.807, 2.05) is 0 Å². The molecule has 1 aromatic rings. The van der Waals surface area contributed by atoms with Crippen LogP contribution in [0, 0.1) is 11.8 Å². The average molecular weight is 361 g/mol. The van der Waals surface area contributed by atoms with Crippen LogP contribution in [0.4, 0.5) is 0 Å². The van der Waals surface area contributed by atoms with E-state index < -0.39 is 21.0 Å². The van der Waals surface area contributed by atoms with Crippen molar-refractivity contribution >= 4 is 27.4 Å². The average Bonchev–Trinajstić information content (AvgIpc) is 2.93. The summed E-state index contributed by atoms with van der Waals surface area (Å²) in [5.74, 6) is -0.982. The number of rotatable bonds is 6. The first-order chi connectivity index (χ1) is 10.9. The van der Waals surface area contributed by atoms with Crippen LogP contribution >= 0.6 is 11.6 Å². The number of halogens is 1. The molecule has 5 nitrogen and oxygen atoms in total. The first-order valence-corrected chi connectivity index (χ1v) is 9.48. The summed E-state index contributed by atoms with van der Waals surface area (Å²) in [6, 6.07) is 6.38. The van der Waals surface area contributed by atoms with Crippen LogP contribution < -0.4 is 0 Å². The van der Waals surface area contributed by atoms with Crippen molar-refractivity contribution in [1.29, 1.82) is 0 Å². The van der Waals surface area contributed by atoms with Crippen LogP contribution in [0.5, 0.6) is 0 Å². The summed E-state index contributed by atoms with van der Waals surface area (Å²) in [6.07, 6.45) is 0.602. The fourth-order valence-corrected chi connectivity index (χ4v) is 5.51. The summed E-state index contributed by atoms with van der Waals surface area (Å²) in [4.78, 5) is 12.2. The molecule has 1 aliphatic carbocycles. The standard InChI is InChI=1S/C16H21ClO5S/c1-3-22-16(18)13-9-12(8-11(13)10-21-2)23(19,20)15-7-5-4-6-14(15)17/h4-7,11-13H,3,8-10H2,1-2H3. The zero-order chi connectivity index (χ0) is 17.0. The quantitative estimate of drug-likeness (QED) is 0.729. The smallest absolute Gasteiger partial charge is 0.309 e. The number of hydrogen-bond donors (Lipinski definition) is 0. The molecule has 23 heavy (non-hydrogen) atoms. The van der Waals surface area contributed by atoms with Gasteiger partial charge in [0.1, 0.15) is 0 Å². The van der Waals surface area contributed by atoms with E-state index >= 15 is 0 Å².